The summed E-state index contributed by atoms with van der Waals surface area (Å²) in [7, 11) is 0. The Bertz CT molecular complexity index is 470. The van der Waals surface area contributed by atoms with E-state index >= 15 is 0 Å². The zero-order valence-electron chi connectivity index (χ0n) is 11.5. The van der Waals surface area contributed by atoms with Crippen LogP contribution in [-0.4, -0.2) is 29.6 Å². The molecule has 0 radical (unpaired) electrons. The van der Waals surface area contributed by atoms with Crippen LogP contribution in [0.3, 0.4) is 0 Å². The first-order valence-electron chi connectivity index (χ1n) is 6.27. The van der Waals surface area contributed by atoms with Gasteiger partial charge in [-0.15, -0.1) is 0 Å². The van der Waals surface area contributed by atoms with E-state index in [-0.39, 0.29) is 17.5 Å². The number of rotatable bonds is 6. The van der Waals surface area contributed by atoms with Crippen LogP contribution in [0.4, 0.5) is 5.69 Å². The van der Waals surface area contributed by atoms with Gasteiger partial charge in [0.15, 0.2) is 0 Å². The maximum Gasteiger partial charge on any atom is 0.337 e. The lowest BCUT2D eigenvalue weighted by Crippen LogP contribution is -2.31. The predicted molar refractivity (Wildman–Crippen MR) is 74.5 cm³/mol. The second-order valence-electron chi connectivity index (χ2n) is 4.75. The van der Waals surface area contributed by atoms with E-state index in [1.807, 2.05) is 26.8 Å². The van der Waals surface area contributed by atoms with Crippen LogP contribution in [0.1, 0.15) is 36.2 Å². The molecular weight excluding hydrogens is 244 g/mol. The lowest BCUT2D eigenvalue weighted by molar-refractivity contribution is -0.121. The van der Waals surface area contributed by atoms with Gasteiger partial charge in [0, 0.05) is 24.7 Å². The third kappa shape index (κ3) is 4.99. The summed E-state index contributed by atoms with van der Waals surface area (Å²) < 4.78 is 0. The molecule has 0 aliphatic carbocycles. The topological polar surface area (TPSA) is 78.4 Å². The van der Waals surface area contributed by atoms with Gasteiger partial charge in [-0.2, -0.15) is 0 Å². The van der Waals surface area contributed by atoms with Gasteiger partial charge in [0.2, 0.25) is 5.91 Å². The Balaban J connectivity index is 2.58. The Morgan fingerprint density at radius 3 is 2.58 bits per heavy atom. The molecule has 0 atom stereocenters. The second kappa shape index (κ2) is 6.78. The van der Waals surface area contributed by atoms with E-state index in [9.17, 15) is 9.59 Å². The van der Waals surface area contributed by atoms with E-state index in [0.717, 1.165) is 5.56 Å². The maximum absolute atomic E-state index is 11.4. The molecule has 3 N–H and O–H groups in total. The van der Waals surface area contributed by atoms with E-state index < -0.39 is 5.97 Å². The first-order valence-corrected chi connectivity index (χ1v) is 6.27. The van der Waals surface area contributed by atoms with Crippen molar-refractivity contribution in [2.45, 2.75) is 33.2 Å². The van der Waals surface area contributed by atoms with E-state index in [4.69, 9.17) is 5.11 Å². The summed E-state index contributed by atoms with van der Waals surface area (Å²) >= 11 is 0. The third-order valence-corrected chi connectivity index (χ3v) is 2.52. The van der Waals surface area contributed by atoms with Gasteiger partial charge in [0.25, 0.3) is 0 Å². The minimum absolute atomic E-state index is 0.0495. The summed E-state index contributed by atoms with van der Waals surface area (Å²) in [5.41, 5.74) is 1.65. The van der Waals surface area contributed by atoms with Gasteiger partial charge in [-0.25, -0.2) is 4.79 Å². The monoisotopic (exact) mass is 264 g/mol. The number of aryl methyl sites for hydroxylation is 1. The fraction of sp³-hybridized carbons (Fsp3) is 0.429. The average Bonchev–Trinajstić information content (AvgIpc) is 2.29. The average molecular weight is 264 g/mol. The molecule has 0 aliphatic rings. The van der Waals surface area contributed by atoms with Gasteiger partial charge in [0.1, 0.15) is 0 Å². The molecule has 0 spiro atoms. The second-order valence-corrected chi connectivity index (χ2v) is 4.75. The molecule has 1 rings (SSSR count). The highest BCUT2D eigenvalue weighted by Crippen LogP contribution is 2.17. The number of carboxylic acids is 1. The molecule has 0 aromatic heterocycles. The summed E-state index contributed by atoms with van der Waals surface area (Å²) in [5, 5.41) is 14.9. The molecule has 1 amide bonds. The molecule has 104 valence electrons. The minimum Gasteiger partial charge on any atom is -0.478 e. The highest BCUT2D eigenvalue weighted by atomic mass is 16.4. The summed E-state index contributed by atoms with van der Waals surface area (Å²) in [6.07, 6.45) is 0.311. The highest BCUT2D eigenvalue weighted by Gasteiger charge is 2.10. The van der Waals surface area contributed by atoms with Crippen molar-refractivity contribution in [3.63, 3.8) is 0 Å². The maximum atomic E-state index is 11.4. The molecule has 0 saturated carbocycles. The van der Waals surface area contributed by atoms with E-state index in [2.05, 4.69) is 10.6 Å². The standard InChI is InChI=1S/C14H20N2O3/c1-9(2)16-13(17)6-7-15-12-5-4-10(3)8-11(12)14(18)19/h4-5,8-9,15H,6-7H2,1-3H3,(H,16,17)(H,18,19). The summed E-state index contributed by atoms with van der Waals surface area (Å²) in [4.78, 5) is 22.5. The number of hydrogen-bond donors (Lipinski definition) is 3. The van der Waals surface area contributed by atoms with Crippen molar-refractivity contribution >= 4 is 17.6 Å². The molecule has 0 saturated heterocycles. The lowest BCUT2D eigenvalue weighted by Gasteiger charge is -2.11. The van der Waals surface area contributed by atoms with Crippen LogP contribution in [0.25, 0.3) is 0 Å². The van der Waals surface area contributed by atoms with Crippen molar-refractivity contribution in [2.75, 3.05) is 11.9 Å². The number of carboxylic acid groups (broad SMARTS) is 1. The molecule has 1 aromatic rings. The normalized spacial score (nSPS) is 10.3. The van der Waals surface area contributed by atoms with Crippen molar-refractivity contribution in [1.82, 2.24) is 5.32 Å². The number of carbonyl (C=O) groups is 2. The number of benzene rings is 1. The Morgan fingerprint density at radius 2 is 2.00 bits per heavy atom. The first-order chi connectivity index (χ1) is 8.90. The van der Waals surface area contributed by atoms with E-state index in [1.165, 1.54) is 0 Å². The van der Waals surface area contributed by atoms with Crippen molar-refractivity contribution in [1.29, 1.82) is 0 Å². The van der Waals surface area contributed by atoms with Crippen LogP contribution in [0.2, 0.25) is 0 Å². The van der Waals surface area contributed by atoms with Crippen molar-refractivity contribution in [3.05, 3.63) is 29.3 Å². The number of aromatic carboxylic acids is 1. The number of nitrogens with one attached hydrogen (secondary N) is 2. The van der Waals surface area contributed by atoms with Gasteiger partial charge < -0.3 is 15.7 Å². The molecule has 0 bridgehead atoms. The van der Waals surface area contributed by atoms with Gasteiger partial charge in [-0.3, -0.25) is 4.79 Å². The predicted octanol–water partition coefficient (Wildman–Crippen LogP) is 2.02. The zero-order chi connectivity index (χ0) is 14.4. The van der Waals surface area contributed by atoms with E-state index in [1.54, 1.807) is 12.1 Å². The number of anilines is 1. The molecule has 0 fully saturated rings. The number of carbonyl (C=O) groups excluding carboxylic acids is 1. The van der Waals surface area contributed by atoms with Crippen molar-refractivity contribution < 1.29 is 14.7 Å². The van der Waals surface area contributed by atoms with Crippen LogP contribution in [0, 0.1) is 6.92 Å². The van der Waals surface area contributed by atoms with Crippen LogP contribution in [0.15, 0.2) is 18.2 Å². The van der Waals surface area contributed by atoms with Gasteiger partial charge in [-0.1, -0.05) is 11.6 Å². The molecular formula is C14H20N2O3. The summed E-state index contributed by atoms with van der Waals surface area (Å²) in [6.45, 7) is 6.04. The van der Waals surface area contributed by atoms with Crippen LogP contribution in [0.5, 0.6) is 0 Å². The van der Waals surface area contributed by atoms with Crippen LogP contribution in [-0.2, 0) is 4.79 Å². The Hall–Kier alpha value is -2.04. The largest absolute Gasteiger partial charge is 0.478 e. The Morgan fingerprint density at radius 1 is 1.32 bits per heavy atom. The molecule has 0 heterocycles. The van der Waals surface area contributed by atoms with Gasteiger partial charge in [0.05, 0.1) is 5.56 Å². The third-order valence-electron chi connectivity index (χ3n) is 2.52. The molecule has 1 aromatic carbocycles. The quantitative estimate of drug-likeness (QED) is 0.734. The number of amides is 1. The van der Waals surface area contributed by atoms with Crippen molar-refractivity contribution in [2.24, 2.45) is 0 Å². The minimum atomic E-state index is -0.974. The smallest absolute Gasteiger partial charge is 0.337 e. The van der Waals surface area contributed by atoms with Crippen molar-refractivity contribution in [3.8, 4) is 0 Å². The first kappa shape index (κ1) is 15.0. The molecule has 5 nitrogen and oxygen atoms in total. The van der Waals surface area contributed by atoms with Crippen LogP contribution >= 0.6 is 0 Å². The SMILES string of the molecule is Cc1ccc(NCCC(=O)NC(C)C)c(C(=O)O)c1. The highest BCUT2D eigenvalue weighted by molar-refractivity contribution is 5.94. The molecule has 5 heteroatoms. The summed E-state index contributed by atoms with van der Waals surface area (Å²) in [5.74, 6) is -1.02. The fourth-order valence-electron chi connectivity index (χ4n) is 1.69. The Kier molecular flexibility index (Phi) is 5.36. The molecule has 0 unspecified atom stereocenters. The van der Waals surface area contributed by atoms with E-state index in [0.29, 0.717) is 18.7 Å². The Labute approximate surface area is 113 Å². The van der Waals surface area contributed by atoms with Gasteiger partial charge in [-0.05, 0) is 32.9 Å². The zero-order valence-corrected chi connectivity index (χ0v) is 11.5. The van der Waals surface area contributed by atoms with Crippen LogP contribution < -0.4 is 10.6 Å². The molecule has 19 heavy (non-hydrogen) atoms. The summed E-state index contributed by atoms with van der Waals surface area (Å²) in [6, 6.07) is 5.28. The molecule has 0 aliphatic heterocycles. The lowest BCUT2D eigenvalue weighted by atomic mass is 10.1. The fourth-order valence-corrected chi connectivity index (χ4v) is 1.69. The van der Waals surface area contributed by atoms with Gasteiger partial charge >= 0.3 is 5.97 Å². The number of hydrogen-bond acceptors (Lipinski definition) is 3.